The first kappa shape index (κ1) is 23.9. The molecule has 0 atom stereocenters. The highest BCUT2D eigenvalue weighted by atomic mass is 19.4. The smallest absolute Gasteiger partial charge is 0.215 e. The molecule has 0 heterocycles. The minimum Gasteiger partial charge on any atom is -0.215 e. The lowest BCUT2D eigenvalue weighted by molar-refractivity contribution is -0.331. The second kappa shape index (κ2) is 6.72. The maximum Gasteiger partial charge on any atom is 0.438 e. The SMILES string of the molecule is FC(=C(c1c(F)c(F)c(F)c(F)c1F)C(F)(F)F)C(F)(C(F)(F)F)C(F)(F)F. The van der Waals surface area contributed by atoms with E-state index in [0.29, 0.717) is 0 Å². The Morgan fingerprint density at radius 3 is 1.04 bits per heavy atom. The number of benzene rings is 1. The third-order valence-corrected chi connectivity index (χ3v) is 3.05. The molecule has 16 heteroatoms. The second-order valence-corrected chi connectivity index (χ2v) is 4.79. The highest BCUT2D eigenvalue weighted by Crippen LogP contribution is 2.55. The van der Waals surface area contributed by atoms with Gasteiger partial charge in [0.25, 0.3) is 0 Å². The van der Waals surface area contributed by atoms with E-state index in [2.05, 4.69) is 0 Å². The first-order valence-corrected chi connectivity index (χ1v) is 6.02. The topological polar surface area (TPSA) is 0 Å². The molecule has 160 valence electrons. The minimum absolute atomic E-state index is 3.17. The summed E-state index contributed by atoms with van der Waals surface area (Å²) in [4.78, 5) is 0. The Hall–Kier alpha value is -2.16. The van der Waals surface area contributed by atoms with Crippen molar-refractivity contribution < 1.29 is 70.2 Å². The first-order valence-electron chi connectivity index (χ1n) is 6.02. The van der Waals surface area contributed by atoms with E-state index in [0.717, 1.165) is 0 Å². The molecule has 0 aliphatic carbocycles. The van der Waals surface area contributed by atoms with E-state index < -0.39 is 70.2 Å². The van der Waals surface area contributed by atoms with E-state index in [1.54, 1.807) is 0 Å². The molecule has 0 N–H and O–H groups in total. The van der Waals surface area contributed by atoms with E-state index in [4.69, 9.17) is 0 Å². The second-order valence-electron chi connectivity index (χ2n) is 4.79. The van der Waals surface area contributed by atoms with Gasteiger partial charge in [-0.25, -0.2) is 30.7 Å². The van der Waals surface area contributed by atoms with Gasteiger partial charge in [-0.1, -0.05) is 0 Å². The summed E-state index contributed by atoms with van der Waals surface area (Å²) in [6, 6.07) is 0. The quantitative estimate of drug-likeness (QED) is 0.277. The summed E-state index contributed by atoms with van der Waals surface area (Å²) in [6.07, 6.45) is -22.0. The average Bonchev–Trinajstić information content (AvgIpc) is 2.50. The normalized spacial score (nSPS) is 15.0. The van der Waals surface area contributed by atoms with Crippen LogP contribution in [0.3, 0.4) is 0 Å². The summed E-state index contributed by atoms with van der Waals surface area (Å²) in [5, 5.41) is 0. The fourth-order valence-electron chi connectivity index (χ4n) is 1.78. The summed E-state index contributed by atoms with van der Waals surface area (Å²) >= 11 is 0. The number of hydrogen-bond acceptors (Lipinski definition) is 0. The maximum absolute atomic E-state index is 13.7. The Balaban J connectivity index is 4.26. The predicted molar refractivity (Wildman–Crippen MR) is 56.3 cm³/mol. The molecule has 1 aromatic carbocycles. The van der Waals surface area contributed by atoms with Gasteiger partial charge in [-0.3, -0.25) is 0 Å². The molecule has 1 rings (SSSR count). The van der Waals surface area contributed by atoms with E-state index in [1.165, 1.54) is 0 Å². The summed E-state index contributed by atoms with van der Waals surface area (Å²) in [5.41, 5.74) is -15.4. The van der Waals surface area contributed by atoms with Gasteiger partial charge < -0.3 is 0 Å². The number of alkyl halides is 10. The van der Waals surface area contributed by atoms with Crippen molar-refractivity contribution in [3.8, 4) is 0 Å². The molecule has 28 heavy (non-hydrogen) atoms. The van der Waals surface area contributed by atoms with Crippen LogP contribution in [0.15, 0.2) is 5.83 Å². The van der Waals surface area contributed by atoms with Gasteiger partial charge in [-0.2, -0.15) is 39.5 Å². The zero-order chi connectivity index (χ0) is 22.6. The number of allylic oxidation sites excluding steroid dienone is 2. The van der Waals surface area contributed by atoms with Gasteiger partial charge in [-0.05, 0) is 0 Å². The summed E-state index contributed by atoms with van der Waals surface area (Å²) in [7, 11) is 0. The van der Waals surface area contributed by atoms with Crippen molar-refractivity contribution in [2.45, 2.75) is 24.2 Å². The van der Waals surface area contributed by atoms with Crippen molar-refractivity contribution in [1.82, 2.24) is 0 Å². The zero-order valence-electron chi connectivity index (χ0n) is 12.0. The molecule has 0 bridgehead atoms. The highest BCUT2D eigenvalue weighted by molar-refractivity contribution is 5.74. The van der Waals surface area contributed by atoms with E-state index >= 15 is 0 Å². The predicted octanol–water partition coefficient (Wildman–Crippen LogP) is 6.46. The molecule has 0 saturated carbocycles. The third kappa shape index (κ3) is 3.47. The molecule has 0 aromatic heterocycles. The van der Waals surface area contributed by atoms with Gasteiger partial charge >= 0.3 is 24.2 Å². The molecule has 0 radical (unpaired) electrons. The van der Waals surface area contributed by atoms with Crippen molar-refractivity contribution in [2.24, 2.45) is 0 Å². The zero-order valence-corrected chi connectivity index (χ0v) is 12.0. The molecule has 0 nitrogen and oxygen atoms in total. The Kier molecular flexibility index (Phi) is 5.73. The minimum atomic E-state index is -7.52. The first-order chi connectivity index (χ1) is 12.2. The van der Waals surface area contributed by atoms with Crippen LogP contribution in [-0.4, -0.2) is 24.2 Å². The number of rotatable bonds is 2. The van der Waals surface area contributed by atoms with Crippen LogP contribution >= 0.6 is 0 Å². The molecule has 0 saturated heterocycles. The van der Waals surface area contributed by atoms with Gasteiger partial charge in [0.05, 0.1) is 5.56 Å². The van der Waals surface area contributed by atoms with Crippen LogP contribution in [-0.2, 0) is 0 Å². The molecule has 0 aliphatic rings. The van der Waals surface area contributed by atoms with E-state index in [-0.39, 0.29) is 0 Å². The third-order valence-electron chi connectivity index (χ3n) is 3.05. The molecular formula is C12F16. The van der Waals surface area contributed by atoms with Gasteiger partial charge in [0.2, 0.25) is 5.82 Å². The van der Waals surface area contributed by atoms with Gasteiger partial charge in [-0.15, -0.1) is 0 Å². The summed E-state index contributed by atoms with van der Waals surface area (Å²) in [5.74, 6) is -21.9. The van der Waals surface area contributed by atoms with Crippen LogP contribution in [0.4, 0.5) is 70.2 Å². The Morgan fingerprint density at radius 2 is 0.786 bits per heavy atom. The fraction of sp³-hybridized carbons (Fsp3) is 0.333. The lowest BCUT2D eigenvalue weighted by Crippen LogP contribution is -2.54. The molecule has 0 unspecified atom stereocenters. The van der Waals surface area contributed by atoms with Crippen molar-refractivity contribution in [3.63, 3.8) is 0 Å². The van der Waals surface area contributed by atoms with Crippen molar-refractivity contribution in [3.05, 3.63) is 40.5 Å². The highest BCUT2D eigenvalue weighted by Gasteiger charge is 2.77. The van der Waals surface area contributed by atoms with Gasteiger partial charge in [0, 0.05) is 0 Å². The maximum atomic E-state index is 13.7. The van der Waals surface area contributed by atoms with Gasteiger partial charge in [0.15, 0.2) is 29.1 Å². The number of halogens is 16. The fourth-order valence-corrected chi connectivity index (χ4v) is 1.78. The molecule has 0 aliphatic heterocycles. The Morgan fingerprint density at radius 1 is 0.500 bits per heavy atom. The lowest BCUT2D eigenvalue weighted by Gasteiger charge is -2.30. The van der Waals surface area contributed by atoms with Crippen LogP contribution in [0.5, 0.6) is 0 Å². The van der Waals surface area contributed by atoms with Crippen molar-refractivity contribution >= 4 is 5.57 Å². The van der Waals surface area contributed by atoms with Gasteiger partial charge in [0.1, 0.15) is 5.57 Å². The molecular weight excluding hydrogens is 448 g/mol. The molecule has 0 fully saturated rings. The number of hydrogen-bond donors (Lipinski definition) is 0. The van der Waals surface area contributed by atoms with Crippen LogP contribution in [0.2, 0.25) is 0 Å². The molecule has 0 amide bonds. The van der Waals surface area contributed by atoms with Crippen LogP contribution < -0.4 is 0 Å². The van der Waals surface area contributed by atoms with Crippen LogP contribution in [0, 0.1) is 29.1 Å². The monoisotopic (exact) mass is 448 g/mol. The Bertz CT molecular complexity index is 762. The average molecular weight is 448 g/mol. The van der Waals surface area contributed by atoms with E-state index in [1.807, 2.05) is 0 Å². The summed E-state index contributed by atoms with van der Waals surface area (Å²) < 4.78 is 206. The molecule has 1 aromatic rings. The summed E-state index contributed by atoms with van der Waals surface area (Å²) in [6.45, 7) is 0. The Labute approximate surface area is 142 Å². The van der Waals surface area contributed by atoms with Crippen molar-refractivity contribution in [1.29, 1.82) is 0 Å². The standard InChI is InChI=1S/C12F16/c13-3-1(4(14)6(16)7(17)5(3)15)2(10(20,21)22)8(18)9(19,11(23,24)25)12(26,27)28. The van der Waals surface area contributed by atoms with E-state index in [9.17, 15) is 70.2 Å². The van der Waals surface area contributed by atoms with Crippen molar-refractivity contribution in [2.75, 3.05) is 0 Å². The molecule has 0 spiro atoms. The largest absolute Gasteiger partial charge is 0.438 e. The van der Waals surface area contributed by atoms with Crippen LogP contribution in [0.1, 0.15) is 5.56 Å². The van der Waals surface area contributed by atoms with Crippen LogP contribution in [0.25, 0.3) is 5.57 Å². The lowest BCUT2D eigenvalue weighted by atomic mass is 9.93.